The number of halogens is 1. The van der Waals surface area contributed by atoms with Gasteiger partial charge in [0.05, 0.1) is 16.7 Å². The average Bonchev–Trinajstić information content (AvgIpc) is 3.50. The number of nitrogen functional groups attached to an aromatic ring is 1. The van der Waals surface area contributed by atoms with Crippen LogP contribution < -0.4 is 5.73 Å². The van der Waals surface area contributed by atoms with Crippen molar-refractivity contribution in [3.8, 4) is 11.4 Å². The molecule has 3 heterocycles. The Labute approximate surface area is 193 Å². The number of thiophene rings is 1. The second-order valence-corrected chi connectivity index (χ2v) is 10.5. The summed E-state index contributed by atoms with van der Waals surface area (Å²) >= 11 is 3.31. The quantitative estimate of drug-likeness (QED) is 0.306. The van der Waals surface area contributed by atoms with Crippen molar-refractivity contribution in [1.82, 2.24) is 24.7 Å². The smallest absolute Gasteiger partial charge is 0.192 e. The summed E-state index contributed by atoms with van der Waals surface area (Å²) in [6.07, 6.45) is 8.01. The number of thioether (sulfide) groups is 1. The van der Waals surface area contributed by atoms with Gasteiger partial charge in [0, 0.05) is 10.9 Å². The standard InChI is InChI=1S/C23H23FN6S2/c24-16-8-5-4-6-14(16)21-28-29-23(30(21)13-10-11-13)31-12-18-26-20(25)19-15-7-2-1-3-9-17(15)32-22(19)27-18/h4-6,8,13H,1-3,7,9-12H2,(H2,25,26,27). The van der Waals surface area contributed by atoms with Crippen LogP contribution in [0.3, 0.4) is 0 Å². The van der Waals surface area contributed by atoms with E-state index in [9.17, 15) is 4.39 Å². The summed E-state index contributed by atoms with van der Waals surface area (Å²) in [4.78, 5) is 11.9. The Bertz CT molecular complexity index is 1310. The highest BCUT2D eigenvalue weighted by atomic mass is 32.2. The topological polar surface area (TPSA) is 82.5 Å². The lowest BCUT2D eigenvalue weighted by Gasteiger charge is -2.09. The number of anilines is 1. The van der Waals surface area contributed by atoms with Crippen molar-refractivity contribution in [2.45, 2.75) is 61.9 Å². The molecule has 9 heteroatoms. The van der Waals surface area contributed by atoms with Gasteiger partial charge < -0.3 is 5.73 Å². The molecule has 0 aliphatic heterocycles. The molecule has 2 aliphatic rings. The highest BCUT2D eigenvalue weighted by Crippen LogP contribution is 2.42. The van der Waals surface area contributed by atoms with Gasteiger partial charge >= 0.3 is 0 Å². The maximum atomic E-state index is 14.4. The van der Waals surface area contributed by atoms with Gasteiger partial charge in [0.15, 0.2) is 11.0 Å². The molecule has 164 valence electrons. The normalized spacial score (nSPS) is 16.3. The number of fused-ring (bicyclic) bond motifs is 3. The first-order valence-electron chi connectivity index (χ1n) is 11.1. The van der Waals surface area contributed by atoms with Gasteiger partial charge in [0.2, 0.25) is 0 Å². The van der Waals surface area contributed by atoms with Gasteiger partial charge in [-0.3, -0.25) is 4.57 Å². The van der Waals surface area contributed by atoms with Crippen molar-refractivity contribution >= 4 is 39.1 Å². The summed E-state index contributed by atoms with van der Waals surface area (Å²) in [6.45, 7) is 0. The van der Waals surface area contributed by atoms with Gasteiger partial charge in [0.25, 0.3) is 0 Å². The van der Waals surface area contributed by atoms with E-state index in [4.69, 9.17) is 10.7 Å². The number of aryl methyl sites for hydroxylation is 2. The van der Waals surface area contributed by atoms with Gasteiger partial charge in [-0.25, -0.2) is 14.4 Å². The van der Waals surface area contributed by atoms with Crippen molar-refractivity contribution in [3.63, 3.8) is 0 Å². The molecule has 2 N–H and O–H groups in total. The van der Waals surface area contributed by atoms with Gasteiger partial charge in [-0.15, -0.1) is 21.5 Å². The molecule has 3 aromatic heterocycles. The average molecular weight is 467 g/mol. The van der Waals surface area contributed by atoms with Crippen LogP contribution in [-0.4, -0.2) is 24.7 Å². The first kappa shape index (κ1) is 20.1. The highest BCUT2D eigenvalue weighted by molar-refractivity contribution is 7.98. The second kappa shape index (κ2) is 8.12. The van der Waals surface area contributed by atoms with Crippen LogP contribution >= 0.6 is 23.1 Å². The van der Waals surface area contributed by atoms with Crippen LogP contribution in [0.15, 0.2) is 29.4 Å². The Kier molecular flexibility index (Phi) is 5.10. The Hall–Kier alpha value is -2.52. The summed E-state index contributed by atoms with van der Waals surface area (Å²) in [7, 11) is 0. The largest absolute Gasteiger partial charge is 0.383 e. The van der Waals surface area contributed by atoms with Crippen LogP contribution in [0.1, 0.15) is 54.4 Å². The Morgan fingerprint density at radius 3 is 2.78 bits per heavy atom. The molecule has 4 aromatic rings. The van der Waals surface area contributed by atoms with E-state index < -0.39 is 0 Å². The molecule has 0 bridgehead atoms. The molecule has 6 rings (SSSR count). The monoisotopic (exact) mass is 466 g/mol. The van der Waals surface area contributed by atoms with Crippen LogP contribution in [0.5, 0.6) is 0 Å². The maximum Gasteiger partial charge on any atom is 0.192 e. The minimum atomic E-state index is -0.280. The molecular weight excluding hydrogens is 443 g/mol. The van der Waals surface area contributed by atoms with Crippen molar-refractivity contribution in [2.24, 2.45) is 0 Å². The first-order valence-corrected chi connectivity index (χ1v) is 12.9. The lowest BCUT2D eigenvalue weighted by molar-refractivity contribution is 0.622. The molecule has 0 radical (unpaired) electrons. The van der Waals surface area contributed by atoms with E-state index in [0.717, 1.165) is 41.1 Å². The van der Waals surface area contributed by atoms with Crippen molar-refractivity contribution in [3.05, 3.63) is 46.3 Å². The van der Waals surface area contributed by atoms with E-state index in [0.29, 0.717) is 34.8 Å². The predicted molar refractivity (Wildman–Crippen MR) is 126 cm³/mol. The number of rotatable bonds is 5. The first-order chi connectivity index (χ1) is 15.7. The summed E-state index contributed by atoms with van der Waals surface area (Å²) in [6, 6.07) is 7.05. The fraction of sp³-hybridized carbons (Fsp3) is 0.391. The third-order valence-corrected chi connectivity index (χ3v) is 8.29. The van der Waals surface area contributed by atoms with E-state index in [-0.39, 0.29) is 5.82 Å². The summed E-state index contributed by atoms with van der Waals surface area (Å²) < 4.78 is 16.5. The van der Waals surface area contributed by atoms with Gasteiger partial charge in [-0.1, -0.05) is 30.3 Å². The van der Waals surface area contributed by atoms with E-state index in [1.165, 1.54) is 47.5 Å². The Balaban J connectivity index is 1.30. The van der Waals surface area contributed by atoms with Crippen molar-refractivity contribution < 1.29 is 4.39 Å². The predicted octanol–water partition coefficient (Wildman–Crippen LogP) is 5.57. The molecule has 0 amide bonds. The second-order valence-electron chi connectivity index (χ2n) is 8.45. The van der Waals surface area contributed by atoms with E-state index >= 15 is 0 Å². The molecule has 32 heavy (non-hydrogen) atoms. The van der Waals surface area contributed by atoms with Gasteiger partial charge in [-0.2, -0.15) is 0 Å². The zero-order chi connectivity index (χ0) is 21.7. The molecule has 2 aliphatic carbocycles. The molecule has 1 fully saturated rings. The highest BCUT2D eigenvalue weighted by Gasteiger charge is 2.31. The summed E-state index contributed by atoms with van der Waals surface area (Å²) in [5.74, 6) is 2.14. The zero-order valence-electron chi connectivity index (χ0n) is 17.6. The number of hydrogen-bond donors (Lipinski definition) is 1. The molecular formula is C23H23FN6S2. The molecule has 1 saturated carbocycles. The van der Waals surface area contributed by atoms with E-state index in [1.54, 1.807) is 23.5 Å². The van der Waals surface area contributed by atoms with Crippen molar-refractivity contribution in [2.75, 3.05) is 5.73 Å². The third-order valence-electron chi connectivity index (χ3n) is 6.16. The molecule has 1 aromatic carbocycles. The van der Waals surface area contributed by atoms with Crippen LogP contribution in [0, 0.1) is 5.82 Å². The number of benzene rings is 1. The summed E-state index contributed by atoms with van der Waals surface area (Å²) in [5, 5.41) is 10.5. The van der Waals surface area contributed by atoms with Crippen LogP contribution in [-0.2, 0) is 18.6 Å². The maximum absolute atomic E-state index is 14.4. The fourth-order valence-electron chi connectivity index (χ4n) is 4.47. The zero-order valence-corrected chi connectivity index (χ0v) is 19.2. The minimum absolute atomic E-state index is 0.280. The van der Waals surface area contributed by atoms with Crippen LogP contribution in [0.2, 0.25) is 0 Å². The molecule has 6 nitrogen and oxygen atoms in total. The number of aromatic nitrogens is 5. The number of nitrogens with two attached hydrogens (primary N) is 1. The Morgan fingerprint density at radius 1 is 1.09 bits per heavy atom. The van der Waals surface area contributed by atoms with E-state index in [2.05, 4.69) is 19.7 Å². The Morgan fingerprint density at radius 2 is 1.94 bits per heavy atom. The molecule has 0 atom stereocenters. The minimum Gasteiger partial charge on any atom is -0.383 e. The third kappa shape index (κ3) is 3.57. The molecule has 0 saturated heterocycles. The van der Waals surface area contributed by atoms with Gasteiger partial charge in [-0.05, 0) is 56.2 Å². The van der Waals surface area contributed by atoms with E-state index in [1.807, 2.05) is 6.07 Å². The van der Waals surface area contributed by atoms with Crippen LogP contribution in [0.25, 0.3) is 21.6 Å². The van der Waals surface area contributed by atoms with Gasteiger partial charge in [0.1, 0.15) is 22.3 Å². The fourth-order valence-corrected chi connectivity index (χ4v) is 6.61. The lowest BCUT2D eigenvalue weighted by Crippen LogP contribution is -2.03. The number of nitrogens with zero attached hydrogens (tertiary/aromatic N) is 5. The summed E-state index contributed by atoms with van der Waals surface area (Å²) in [5.41, 5.74) is 8.25. The van der Waals surface area contributed by atoms with Crippen LogP contribution in [0.4, 0.5) is 10.2 Å². The number of hydrogen-bond acceptors (Lipinski definition) is 7. The SMILES string of the molecule is Nc1nc(CSc2nnc(-c3ccccc3F)n2C2CC2)nc2sc3c(c12)CCCCC3. The molecule has 0 unspecified atom stereocenters. The molecule has 0 spiro atoms. The lowest BCUT2D eigenvalue weighted by atomic mass is 10.1. The van der Waals surface area contributed by atoms with Crippen molar-refractivity contribution in [1.29, 1.82) is 0 Å².